The Labute approximate surface area is 320 Å². The third-order valence-electron chi connectivity index (χ3n) is 10.4. The minimum Gasteiger partial charge on any atom is -0.496 e. The molecule has 2 fully saturated rings. The molecule has 2 saturated heterocycles. The standard InChI is InChI=1S/C42H38ClF3N4O5/c1-24-32(6-4-7-33(24)40-48-36-16-25(15-29(19-47)39(36)55-40)20-49-13-11-28(21-49)41(52)53)34-8-3-5-26(38(34)43)9-10-27-18-37(54-2)30(17-35(27)42(44,45)46)22-50-14-12-31(51)23-50/h3-10,15-18,28,31,51H,11-14,20-23H2,1-2H3,(H,52,53)/b10-9+/t28?,31-/m1/s1. The molecule has 7 rings (SSSR count). The van der Waals surface area contributed by atoms with Crippen LogP contribution in [0.1, 0.15) is 51.8 Å². The van der Waals surface area contributed by atoms with E-state index in [-0.39, 0.29) is 12.1 Å². The highest BCUT2D eigenvalue weighted by Crippen LogP contribution is 2.40. The van der Waals surface area contributed by atoms with E-state index in [1.54, 1.807) is 24.3 Å². The van der Waals surface area contributed by atoms with E-state index >= 15 is 0 Å². The number of ether oxygens (including phenoxy) is 1. The maximum Gasteiger partial charge on any atom is 0.417 e. The number of benzene rings is 4. The summed E-state index contributed by atoms with van der Waals surface area (Å²) >= 11 is 6.98. The number of aliphatic hydroxyl groups is 1. The van der Waals surface area contributed by atoms with Crippen molar-refractivity contribution in [3.05, 3.63) is 105 Å². The fourth-order valence-corrected chi connectivity index (χ4v) is 7.87. The van der Waals surface area contributed by atoms with Crippen LogP contribution >= 0.6 is 11.6 Å². The highest BCUT2D eigenvalue weighted by molar-refractivity contribution is 6.35. The van der Waals surface area contributed by atoms with Gasteiger partial charge in [-0.1, -0.05) is 54.1 Å². The van der Waals surface area contributed by atoms with Gasteiger partial charge in [-0.2, -0.15) is 18.4 Å². The van der Waals surface area contributed by atoms with Gasteiger partial charge in [0.2, 0.25) is 5.89 Å². The molecule has 55 heavy (non-hydrogen) atoms. The Morgan fingerprint density at radius 3 is 2.42 bits per heavy atom. The lowest BCUT2D eigenvalue weighted by molar-refractivity contribution is -0.141. The zero-order valence-electron chi connectivity index (χ0n) is 30.2. The molecule has 0 spiro atoms. The van der Waals surface area contributed by atoms with Gasteiger partial charge in [-0.05, 0) is 84.5 Å². The second-order valence-corrected chi connectivity index (χ2v) is 14.5. The van der Waals surface area contributed by atoms with Crippen molar-refractivity contribution in [3.8, 4) is 34.4 Å². The molecule has 2 atom stereocenters. The normalized spacial score (nSPS) is 18.1. The Morgan fingerprint density at radius 2 is 1.73 bits per heavy atom. The Balaban J connectivity index is 1.18. The van der Waals surface area contributed by atoms with Crippen molar-refractivity contribution < 1.29 is 37.3 Å². The quantitative estimate of drug-likeness (QED) is 0.134. The SMILES string of the molecule is COc1cc(/C=C/c2cccc(-c3cccc(-c4nc5cc(CN6CCC(C(=O)O)C6)cc(C#N)c5o4)c3C)c2Cl)c(C(F)(F)F)cc1CN1CC[C@@H](O)C1. The molecule has 0 bridgehead atoms. The third kappa shape index (κ3) is 7.97. The van der Waals surface area contributed by atoms with Gasteiger partial charge in [-0.15, -0.1) is 0 Å². The maximum atomic E-state index is 14.4. The van der Waals surface area contributed by atoms with E-state index in [0.717, 1.165) is 22.8 Å². The number of nitriles is 1. The van der Waals surface area contributed by atoms with Gasteiger partial charge in [0.25, 0.3) is 0 Å². The van der Waals surface area contributed by atoms with Crippen molar-refractivity contribution in [3.63, 3.8) is 0 Å². The minimum atomic E-state index is -4.63. The van der Waals surface area contributed by atoms with Crippen molar-refractivity contribution in [1.82, 2.24) is 14.8 Å². The number of carboxylic acids is 1. The van der Waals surface area contributed by atoms with Crippen molar-refractivity contribution in [2.24, 2.45) is 5.92 Å². The largest absolute Gasteiger partial charge is 0.496 e. The van der Waals surface area contributed by atoms with Crippen LogP contribution in [0.5, 0.6) is 5.75 Å². The molecule has 1 unspecified atom stereocenters. The zero-order valence-corrected chi connectivity index (χ0v) is 30.9. The third-order valence-corrected chi connectivity index (χ3v) is 10.8. The Morgan fingerprint density at radius 1 is 1.02 bits per heavy atom. The number of aromatic nitrogens is 1. The fourth-order valence-electron chi connectivity index (χ4n) is 7.58. The van der Waals surface area contributed by atoms with Gasteiger partial charge in [0, 0.05) is 49.4 Å². The Kier molecular flexibility index (Phi) is 10.7. The summed E-state index contributed by atoms with van der Waals surface area (Å²) in [6, 6.07) is 19.2. The van der Waals surface area contributed by atoms with Crippen molar-refractivity contribution in [2.45, 2.75) is 45.1 Å². The molecule has 2 aliphatic rings. The molecule has 2 N–H and O–H groups in total. The monoisotopic (exact) mass is 770 g/mol. The van der Waals surface area contributed by atoms with Gasteiger partial charge in [-0.25, -0.2) is 4.98 Å². The molecular weight excluding hydrogens is 733 g/mol. The summed E-state index contributed by atoms with van der Waals surface area (Å²) in [5, 5.41) is 29.6. The number of hydrogen-bond donors (Lipinski definition) is 2. The highest BCUT2D eigenvalue weighted by atomic mass is 35.5. The second-order valence-electron chi connectivity index (χ2n) is 14.1. The van der Waals surface area contributed by atoms with Crippen molar-refractivity contribution >= 4 is 40.8 Å². The van der Waals surface area contributed by atoms with Crippen LogP contribution < -0.4 is 4.74 Å². The first kappa shape index (κ1) is 38.1. The lowest BCUT2D eigenvalue weighted by Gasteiger charge is -2.20. The van der Waals surface area contributed by atoms with Crippen molar-refractivity contribution in [2.75, 3.05) is 33.3 Å². The number of halogens is 4. The fraction of sp³-hybridized carbons (Fsp3) is 0.310. The number of rotatable bonds is 10. The molecule has 13 heteroatoms. The van der Waals surface area contributed by atoms with E-state index in [2.05, 4.69) is 6.07 Å². The molecule has 2 aliphatic heterocycles. The molecule has 4 aromatic carbocycles. The number of nitrogens with zero attached hydrogens (tertiary/aromatic N) is 4. The first-order valence-corrected chi connectivity index (χ1v) is 18.2. The lowest BCUT2D eigenvalue weighted by Crippen LogP contribution is -2.22. The van der Waals surface area contributed by atoms with Crippen LogP contribution in [0.4, 0.5) is 13.2 Å². The topological polar surface area (TPSA) is 123 Å². The number of carbonyl (C=O) groups is 1. The molecule has 0 saturated carbocycles. The predicted octanol–water partition coefficient (Wildman–Crippen LogP) is 8.67. The van der Waals surface area contributed by atoms with Gasteiger partial charge < -0.3 is 19.4 Å². The predicted molar refractivity (Wildman–Crippen MR) is 203 cm³/mol. The van der Waals surface area contributed by atoms with E-state index in [4.69, 9.17) is 25.7 Å². The molecule has 0 aliphatic carbocycles. The minimum absolute atomic E-state index is 0.0741. The number of oxazole rings is 1. The summed E-state index contributed by atoms with van der Waals surface area (Å²) in [6.07, 6.45) is -1.05. The van der Waals surface area contributed by atoms with Gasteiger partial charge >= 0.3 is 12.1 Å². The highest BCUT2D eigenvalue weighted by Gasteiger charge is 2.35. The maximum absolute atomic E-state index is 14.4. The van der Waals surface area contributed by atoms with Crippen LogP contribution in [0.2, 0.25) is 5.02 Å². The Hall–Kier alpha value is -5.19. The summed E-state index contributed by atoms with van der Waals surface area (Å²) in [5.41, 5.74) is 4.90. The van der Waals surface area contributed by atoms with E-state index in [9.17, 15) is 33.4 Å². The average molecular weight is 771 g/mol. The van der Waals surface area contributed by atoms with Crippen LogP contribution in [-0.2, 0) is 24.1 Å². The van der Waals surface area contributed by atoms with Crippen LogP contribution in [0, 0.1) is 24.2 Å². The number of methoxy groups -OCH3 is 1. The summed E-state index contributed by atoms with van der Waals surface area (Å²) in [7, 11) is 1.42. The summed E-state index contributed by atoms with van der Waals surface area (Å²) < 4.78 is 54.9. The first-order valence-electron chi connectivity index (χ1n) is 17.9. The van der Waals surface area contributed by atoms with E-state index in [1.165, 1.54) is 19.3 Å². The van der Waals surface area contributed by atoms with Crippen molar-refractivity contribution in [1.29, 1.82) is 5.26 Å². The summed E-state index contributed by atoms with van der Waals surface area (Å²) in [5.74, 6) is -0.597. The van der Waals surface area contributed by atoms with Gasteiger partial charge in [0.1, 0.15) is 17.3 Å². The number of β-amino-alcohol motifs (C(OH)–C–C–N with tert-alkyl or cyclic N) is 1. The molecular formula is C42H38ClF3N4O5. The number of likely N-dealkylation sites (tertiary alicyclic amines) is 2. The van der Waals surface area contributed by atoms with Gasteiger partial charge in [-0.3, -0.25) is 14.6 Å². The van der Waals surface area contributed by atoms with E-state index < -0.39 is 29.7 Å². The van der Waals surface area contributed by atoms with Crippen LogP contribution in [0.15, 0.2) is 65.1 Å². The average Bonchev–Trinajstić information content (AvgIpc) is 3.91. The van der Waals surface area contributed by atoms with E-state index in [1.807, 2.05) is 47.1 Å². The molecule has 284 valence electrons. The van der Waals surface area contributed by atoms with Crippen LogP contribution in [-0.4, -0.2) is 70.4 Å². The molecule has 3 heterocycles. The number of aliphatic hydroxyl groups excluding tert-OH is 1. The molecule has 0 amide bonds. The summed E-state index contributed by atoms with van der Waals surface area (Å²) in [4.78, 5) is 20.2. The number of fused-ring (bicyclic) bond motifs is 1. The number of aliphatic carboxylic acids is 1. The van der Waals surface area contributed by atoms with Crippen LogP contribution in [0.3, 0.4) is 0 Å². The van der Waals surface area contributed by atoms with Gasteiger partial charge in [0.15, 0.2) is 5.58 Å². The van der Waals surface area contributed by atoms with Gasteiger partial charge in [0.05, 0.1) is 35.3 Å². The molecule has 9 nitrogen and oxygen atoms in total. The van der Waals surface area contributed by atoms with E-state index in [0.29, 0.717) is 101 Å². The molecule has 0 radical (unpaired) electrons. The zero-order chi connectivity index (χ0) is 39.0. The molecule has 1 aromatic heterocycles. The van der Waals surface area contributed by atoms with Crippen LogP contribution in [0.25, 0.3) is 45.8 Å². The smallest absolute Gasteiger partial charge is 0.417 e. The second kappa shape index (κ2) is 15.5. The molecule has 5 aromatic rings. The number of carboxylic acid groups (broad SMARTS) is 1. The number of alkyl halides is 3. The Bertz CT molecular complexity index is 2350. The first-order chi connectivity index (χ1) is 26.3. The number of hydrogen-bond acceptors (Lipinski definition) is 8. The lowest BCUT2D eigenvalue weighted by atomic mass is 9.94. The summed E-state index contributed by atoms with van der Waals surface area (Å²) in [6.45, 7) is 4.66.